The third-order valence-corrected chi connectivity index (χ3v) is 5.25. The lowest BCUT2D eigenvalue weighted by Gasteiger charge is -2.05. The van der Waals surface area contributed by atoms with Gasteiger partial charge in [0.05, 0.1) is 0 Å². The van der Waals surface area contributed by atoms with Crippen LogP contribution in [0.15, 0.2) is 46.2 Å². The van der Waals surface area contributed by atoms with Crippen molar-refractivity contribution in [2.75, 3.05) is 0 Å². The summed E-state index contributed by atoms with van der Waals surface area (Å²) in [7, 11) is 0. The Bertz CT molecular complexity index is 380. The first kappa shape index (κ1) is 19.4. The minimum Gasteiger partial charge on any atom is -0.0949 e. The van der Waals surface area contributed by atoms with Crippen LogP contribution in [0.2, 0.25) is 0 Å². The molecule has 0 atom stereocenters. The summed E-state index contributed by atoms with van der Waals surface area (Å²) in [6.07, 6.45) is 17.6. The van der Waals surface area contributed by atoms with Gasteiger partial charge >= 0.3 is 0 Å². The van der Waals surface area contributed by atoms with Gasteiger partial charge < -0.3 is 0 Å². The molecule has 0 bridgehead atoms. The van der Waals surface area contributed by atoms with Gasteiger partial charge in [0.15, 0.2) is 0 Å². The fourth-order valence-electron chi connectivity index (χ4n) is 2.62. The number of allylic oxidation sites excluding steroid dienone is 2. The van der Waals surface area contributed by atoms with E-state index in [1.54, 1.807) is 0 Å². The van der Waals surface area contributed by atoms with Crippen LogP contribution in [0.5, 0.6) is 0 Å². The molecule has 0 aliphatic rings. The van der Waals surface area contributed by atoms with Gasteiger partial charge in [0.25, 0.3) is 0 Å². The predicted molar refractivity (Wildman–Crippen MR) is 103 cm³/mol. The first-order valence-electron chi connectivity index (χ1n) is 9.28. The van der Waals surface area contributed by atoms with E-state index in [-0.39, 0.29) is 0 Å². The minimum atomic E-state index is 1.15. The molecule has 0 heterocycles. The Balaban J connectivity index is 2.05. The van der Waals surface area contributed by atoms with E-state index in [4.69, 9.17) is 0 Å². The van der Waals surface area contributed by atoms with Gasteiger partial charge in [-0.3, -0.25) is 0 Å². The molecule has 1 heteroatoms. The molecule has 0 aromatic heterocycles. The molecule has 0 unspecified atom stereocenters. The van der Waals surface area contributed by atoms with Crippen molar-refractivity contribution >= 4 is 11.8 Å². The largest absolute Gasteiger partial charge is 0.0949 e. The predicted octanol–water partition coefficient (Wildman–Crippen LogP) is 7.99. The Morgan fingerprint density at radius 3 is 2.00 bits per heavy atom. The summed E-state index contributed by atoms with van der Waals surface area (Å²) in [5, 5.41) is 0. The number of hydrogen-bond donors (Lipinski definition) is 0. The molecule has 1 rings (SSSR count). The van der Waals surface area contributed by atoms with E-state index in [1.807, 2.05) is 11.8 Å². The van der Waals surface area contributed by atoms with Gasteiger partial charge in [-0.2, -0.15) is 0 Å². The van der Waals surface area contributed by atoms with Crippen LogP contribution in [-0.4, -0.2) is 0 Å². The second-order valence-electron chi connectivity index (χ2n) is 6.06. The van der Waals surface area contributed by atoms with Crippen molar-refractivity contribution in [2.45, 2.75) is 89.4 Å². The third kappa shape index (κ3) is 10.1. The van der Waals surface area contributed by atoms with E-state index < -0.39 is 0 Å². The molecular formula is C21H34S. The lowest BCUT2D eigenvalue weighted by atomic mass is 10.1. The standard InChI is InChI=1S/C21H34S/c1-3-5-6-7-8-9-10-11-12-14-17-20(4-2)22-21-18-15-13-16-19-21/h13,15-19H,3-12,14H2,1-2H3/b20-17+. The van der Waals surface area contributed by atoms with Crippen molar-refractivity contribution in [1.82, 2.24) is 0 Å². The SMILES string of the molecule is CCCCCCCCCCC/C=C(\CC)Sc1ccccc1. The molecule has 0 spiro atoms. The van der Waals surface area contributed by atoms with Crippen molar-refractivity contribution in [3.05, 3.63) is 41.3 Å². The van der Waals surface area contributed by atoms with Crippen molar-refractivity contribution in [2.24, 2.45) is 0 Å². The molecule has 0 fully saturated rings. The summed E-state index contributed by atoms with van der Waals surface area (Å²) in [5.41, 5.74) is 0. The molecule has 0 nitrogen and oxygen atoms in total. The molecule has 22 heavy (non-hydrogen) atoms. The summed E-state index contributed by atoms with van der Waals surface area (Å²) in [6.45, 7) is 4.55. The van der Waals surface area contributed by atoms with E-state index in [1.165, 1.54) is 74.0 Å². The fourth-order valence-corrected chi connectivity index (χ4v) is 3.56. The highest BCUT2D eigenvalue weighted by Gasteiger charge is 1.98. The average Bonchev–Trinajstić information content (AvgIpc) is 2.56. The zero-order valence-corrected chi connectivity index (χ0v) is 15.5. The summed E-state index contributed by atoms with van der Waals surface area (Å²) < 4.78 is 0. The number of benzene rings is 1. The number of unbranched alkanes of at least 4 members (excludes halogenated alkanes) is 9. The zero-order chi connectivity index (χ0) is 15.9. The second kappa shape index (κ2) is 13.9. The first-order chi connectivity index (χ1) is 10.9. The van der Waals surface area contributed by atoms with Crippen LogP contribution in [0.25, 0.3) is 0 Å². The molecule has 0 aliphatic heterocycles. The lowest BCUT2D eigenvalue weighted by molar-refractivity contribution is 0.566. The first-order valence-corrected chi connectivity index (χ1v) is 10.1. The molecule has 1 aromatic carbocycles. The lowest BCUT2D eigenvalue weighted by Crippen LogP contribution is -1.82. The van der Waals surface area contributed by atoms with Gasteiger partial charge in [-0.25, -0.2) is 0 Å². The van der Waals surface area contributed by atoms with E-state index in [0.717, 1.165) is 6.42 Å². The normalized spacial score (nSPS) is 11.8. The van der Waals surface area contributed by atoms with Crippen LogP contribution < -0.4 is 0 Å². The number of hydrogen-bond acceptors (Lipinski definition) is 1. The molecular weight excluding hydrogens is 284 g/mol. The molecule has 0 amide bonds. The van der Waals surface area contributed by atoms with Crippen LogP contribution in [0, 0.1) is 0 Å². The summed E-state index contributed by atoms with van der Waals surface area (Å²) in [6, 6.07) is 10.7. The number of rotatable bonds is 13. The Kier molecular flexibility index (Phi) is 12.3. The van der Waals surface area contributed by atoms with Crippen LogP contribution in [0.1, 0.15) is 84.5 Å². The summed E-state index contributed by atoms with van der Waals surface area (Å²) >= 11 is 1.93. The number of thioether (sulfide) groups is 1. The van der Waals surface area contributed by atoms with E-state index in [9.17, 15) is 0 Å². The maximum absolute atomic E-state index is 2.46. The Morgan fingerprint density at radius 1 is 0.818 bits per heavy atom. The fraction of sp³-hybridized carbons (Fsp3) is 0.619. The van der Waals surface area contributed by atoms with Crippen LogP contribution >= 0.6 is 11.8 Å². The van der Waals surface area contributed by atoms with Crippen molar-refractivity contribution < 1.29 is 0 Å². The topological polar surface area (TPSA) is 0 Å². The Labute approximate surface area is 142 Å². The van der Waals surface area contributed by atoms with Crippen LogP contribution in [-0.2, 0) is 0 Å². The van der Waals surface area contributed by atoms with Gasteiger partial charge in [-0.15, -0.1) is 0 Å². The van der Waals surface area contributed by atoms with E-state index in [0.29, 0.717) is 0 Å². The van der Waals surface area contributed by atoms with Gasteiger partial charge in [0.2, 0.25) is 0 Å². The van der Waals surface area contributed by atoms with E-state index >= 15 is 0 Å². The Hall–Kier alpha value is -0.690. The molecule has 0 aliphatic carbocycles. The van der Waals surface area contributed by atoms with Gasteiger partial charge in [-0.1, -0.05) is 101 Å². The highest BCUT2D eigenvalue weighted by Crippen LogP contribution is 2.29. The van der Waals surface area contributed by atoms with Gasteiger partial charge in [0, 0.05) is 4.90 Å². The maximum Gasteiger partial charge on any atom is 0.0118 e. The summed E-state index contributed by atoms with van der Waals surface area (Å²) in [5.74, 6) is 0. The highest BCUT2D eigenvalue weighted by atomic mass is 32.2. The van der Waals surface area contributed by atoms with Gasteiger partial charge in [0.1, 0.15) is 0 Å². The molecule has 1 aromatic rings. The van der Waals surface area contributed by atoms with Crippen molar-refractivity contribution in [3.63, 3.8) is 0 Å². The molecule has 124 valence electrons. The Morgan fingerprint density at radius 2 is 1.41 bits per heavy atom. The smallest absolute Gasteiger partial charge is 0.0118 e. The van der Waals surface area contributed by atoms with Crippen LogP contribution in [0.4, 0.5) is 0 Å². The van der Waals surface area contributed by atoms with E-state index in [2.05, 4.69) is 50.3 Å². The highest BCUT2D eigenvalue weighted by molar-refractivity contribution is 8.03. The molecule has 0 radical (unpaired) electrons. The second-order valence-corrected chi connectivity index (χ2v) is 7.26. The molecule has 0 N–H and O–H groups in total. The monoisotopic (exact) mass is 318 g/mol. The van der Waals surface area contributed by atoms with Crippen LogP contribution in [0.3, 0.4) is 0 Å². The summed E-state index contributed by atoms with van der Waals surface area (Å²) in [4.78, 5) is 2.88. The molecule has 0 saturated carbocycles. The quantitative estimate of drug-likeness (QED) is 0.262. The minimum absolute atomic E-state index is 1.15. The zero-order valence-electron chi connectivity index (χ0n) is 14.7. The van der Waals surface area contributed by atoms with Crippen molar-refractivity contribution in [3.8, 4) is 0 Å². The van der Waals surface area contributed by atoms with Gasteiger partial charge in [-0.05, 0) is 36.3 Å². The van der Waals surface area contributed by atoms with Crippen molar-refractivity contribution in [1.29, 1.82) is 0 Å². The average molecular weight is 319 g/mol. The molecule has 0 saturated heterocycles. The maximum atomic E-state index is 2.46. The third-order valence-electron chi connectivity index (χ3n) is 4.02.